The van der Waals surface area contributed by atoms with E-state index in [9.17, 15) is 9.59 Å². The second-order valence-electron chi connectivity index (χ2n) is 6.58. The minimum absolute atomic E-state index is 0.107. The summed E-state index contributed by atoms with van der Waals surface area (Å²) in [7, 11) is 0. The van der Waals surface area contributed by atoms with E-state index in [0.717, 1.165) is 0 Å². The average Bonchev–Trinajstić information content (AvgIpc) is 2.65. The molecule has 0 aliphatic carbocycles. The lowest BCUT2D eigenvalue weighted by Crippen LogP contribution is -2.21. The van der Waals surface area contributed by atoms with Gasteiger partial charge in [0.15, 0.2) is 12.4 Å². The molecule has 2 aromatic rings. The van der Waals surface area contributed by atoms with Gasteiger partial charge < -0.3 is 15.4 Å². The molecule has 0 aliphatic heterocycles. The third kappa shape index (κ3) is 5.31. The molecule has 5 nitrogen and oxygen atoms in total. The van der Waals surface area contributed by atoms with Crippen molar-refractivity contribution in [2.75, 3.05) is 17.2 Å². The van der Waals surface area contributed by atoms with Gasteiger partial charge in [-0.15, -0.1) is 0 Å². The zero-order valence-electron chi connectivity index (χ0n) is 16.0. The first-order chi connectivity index (χ1) is 13.1. The number of carbonyl (C=O) groups is 2. The Kier molecular flexibility index (Phi) is 7.58. The van der Waals surface area contributed by atoms with Crippen LogP contribution in [-0.2, 0) is 9.59 Å². The minimum atomic E-state index is -0.398. The Morgan fingerprint density at radius 1 is 0.964 bits per heavy atom. The number of carbonyl (C=O) groups excluding carboxylic acids is 2. The van der Waals surface area contributed by atoms with Crippen LogP contribution in [0.15, 0.2) is 24.3 Å². The Morgan fingerprint density at radius 2 is 1.50 bits per heavy atom. The van der Waals surface area contributed by atoms with E-state index in [4.69, 9.17) is 39.5 Å². The van der Waals surface area contributed by atoms with Crippen LogP contribution >= 0.6 is 34.8 Å². The Hall–Kier alpha value is -1.95. The SMILES string of the molecule is Cc1c(Cl)c(C)c(Cl)c(OCC(=O)Nc2cccc(NC(=O)C(C)C)c2)c1Cl. The number of hydrogen-bond acceptors (Lipinski definition) is 3. The largest absolute Gasteiger partial charge is 0.481 e. The number of ether oxygens (including phenoxy) is 1. The molecule has 28 heavy (non-hydrogen) atoms. The van der Waals surface area contributed by atoms with Crippen LogP contribution in [0.3, 0.4) is 0 Å². The molecule has 0 unspecified atom stereocenters. The summed E-state index contributed by atoms with van der Waals surface area (Å²) in [5.41, 5.74) is 2.38. The van der Waals surface area contributed by atoms with E-state index in [2.05, 4.69) is 10.6 Å². The van der Waals surface area contributed by atoms with Crippen molar-refractivity contribution in [2.45, 2.75) is 27.7 Å². The summed E-state index contributed by atoms with van der Waals surface area (Å²) >= 11 is 18.7. The van der Waals surface area contributed by atoms with E-state index in [1.807, 2.05) is 0 Å². The molecule has 0 aliphatic rings. The second kappa shape index (κ2) is 9.50. The Morgan fingerprint density at radius 3 is 2.04 bits per heavy atom. The van der Waals surface area contributed by atoms with Gasteiger partial charge in [0, 0.05) is 22.3 Å². The quantitative estimate of drug-likeness (QED) is 0.586. The summed E-state index contributed by atoms with van der Waals surface area (Å²) < 4.78 is 5.54. The van der Waals surface area contributed by atoms with Crippen molar-refractivity contribution in [3.05, 3.63) is 50.5 Å². The number of rotatable bonds is 6. The second-order valence-corrected chi connectivity index (χ2v) is 7.72. The van der Waals surface area contributed by atoms with Crippen molar-refractivity contribution < 1.29 is 14.3 Å². The lowest BCUT2D eigenvalue weighted by molar-refractivity contribution is -0.119. The van der Waals surface area contributed by atoms with Crippen molar-refractivity contribution in [2.24, 2.45) is 5.92 Å². The molecule has 2 rings (SSSR count). The van der Waals surface area contributed by atoms with E-state index in [-0.39, 0.29) is 34.2 Å². The number of amides is 2. The monoisotopic (exact) mass is 442 g/mol. The first kappa shape index (κ1) is 22.3. The Bertz CT molecular complexity index is 885. The van der Waals surface area contributed by atoms with Crippen LogP contribution in [0.2, 0.25) is 15.1 Å². The summed E-state index contributed by atoms with van der Waals surface area (Å²) in [6, 6.07) is 6.84. The Balaban J connectivity index is 2.05. The molecule has 8 heteroatoms. The zero-order valence-corrected chi connectivity index (χ0v) is 18.2. The molecule has 2 amide bonds. The van der Waals surface area contributed by atoms with Crippen molar-refractivity contribution in [3.8, 4) is 5.75 Å². The number of hydrogen-bond donors (Lipinski definition) is 2. The van der Waals surface area contributed by atoms with Crippen molar-refractivity contribution >= 4 is 58.0 Å². The van der Waals surface area contributed by atoms with Crippen molar-refractivity contribution in [1.82, 2.24) is 0 Å². The summed E-state index contributed by atoms with van der Waals surface area (Å²) in [5.74, 6) is -0.433. The number of anilines is 2. The van der Waals surface area contributed by atoms with Crippen LogP contribution in [-0.4, -0.2) is 18.4 Å². The number of nitrogens with one attached hydrogen (secondary N) is 2. The predicted molar refractivity (Wildman–Crippen MR) is 115 cm³/mol. The number of benzene rings is 2. The van der Waals surface area contributed by atoms with Gasteiger partial charge >= 0.3 is 0 Å². The molecule has 150 valence electrons. The molecular formula is C20H21Cl3N2O3. The van der Waals surface area contributed by atoms with Crippen LogP contribution in [0.5, 0.6) is 5.75 Å². The maximum absolute atomic E-state index is 12.3. The predicted octanol–water partition coefficient (Wildman–Crippen LogP) is 5.88. The highest BCUT2D eigenvalue weighted by Crippen LogP contribution is 2.42. The van der Waals surface area contributed by atoms with Crippen LogP contribution in [0, 0.1) is 19.8 Å². The molecule has 2 N–H and O–H groups in total. The maximum atomic E-state index is 12.3. The molecule has 0 saturated heterocycles. The smallest absolute Gasteiger partial charge is 0.262 e. The molecule has 0 spiro atoms. The van der Waals surface area contributed by atoms with Crippen LogP contribution in [0.1, 0.15) is 25.0 Å². The van der Waals surface area contributed by atoms with Gasteiger partial charge in [-0.25, -0.2) is 0 Å². The fourth-order valence-corrected chi connectivity index (χ4v) is 3.15. The van der Waals surface area contributed by atoms with Gasteiger partial charge in [0.1, 0.15) is 0 Å². The molecule has 0 radical (unpaired) electrons. The molecule has 0 aromatic heterocycles. The van der Waals surface area contributed by atoms with E-state index in [0.29, 0.717) is 27.5 Å². The van der Waals surface area contributed by atoms with Crippen LogP contribution < -0.4 is 15.4 Å². The topological polar surface area (TPSA) is 67.4 Å². The van der Waals surface area contributed by atoms with Gasteiger partial charge in [-0.3, -0.25) is 9.59 Å². The minimum Gasteiger partial charge on any atom is -0.481 e. The first-order valence-electron chi connectivity index (χ1n) is 8.59. The molecule has 0 saturated carbocycles. The van der Waals surface area contributed by atoms with Gasteiger partial charge in [0.2, 0.25) is 5.91 Å². The summed E-state index contributed by atoms with van der Waals surface area (Å²) in [4.78, 5) is 24.0. The van der Waals surface area contributed by atoms with Crippen molar-refractivity contribution in [3.63, 3.8) is 0 Å². The summed E-state index contributed by atoms with van der Waals surface area (Å²) in [6.45, 7) is 6.81. The average molecular weight is 444 g/mol. The third-order valence-electron chi connectivity index (χ3n) is 4.00. The molecule has 0 fully saturated rings. The fourth-order valence-electron chi connectivity index (χ4n) is 2.33. The molecule has 0 heterocycles. The first-order valence-corrected chi connectivity index (χ1v) is 9.72. The van der Waals surface area contributed by atoms with E-state index < -0.39 is 5.91 Å². The summed E-state index contributed by atoms with van der Waals surface area (Å²) in [6.07, 6.45) is 0. The molecule has 2 aromatic carbocycles. The standard InChI is InChI=1S/C20H21Cl3N2O3/c1-10(2)20(27)25-14-7-5-6-13(8-14)24-15(26)9-28-19-17(22)11(3)16(21)12(4)18(19)23/h5-8,10H,9H2,1-4H3,(H,24,26)(H,25,27). The van der Waals surface area contributed by atoms with Crippen LogP contribution in [0.25, 0.3) is 0 Å². The van der Waals surface area contributed by atoms with E-state index in [1.165, 1.54) is 0 Å². The lowest BCUT2D eigenvalue weighted by atomic mass is 10.1. The Labute approximate surface area is 179 Å². The molecular weight excluding hydrogens is 423 g/mol. The number of halogens is 3. The zero-order chi connectivity index (χ0) is 21.0. The highest BCUT2D eigenvalue weighted by molar-refractivity contribution is 6.42. The van der Waals surface area contributed by atoms with Crippen molar-refractivity contribution in [1.29, 1.82) is 0 Å². The highest BCUT2D eigenvalue weighted by atomic mass is 35.5. The molecule has 0 atom stereocenters. The maximum Gasteiger partial charge on any atom is 0.262 e. The van der Waals surface area contributed by atoms with Gasteiger partial charge in [-0.1, -0.05) is 54.7 Å². The van der Waals surface area contributed by atoms with Gasteiger partial charge in [0.05, 0.1) is 10.0 Å². The molecule has 0 bridgehead atoms. The lowest BCUT2D eigenvalue weighted by Gasteiger charge is -2.15. The summed E-state index contributed by atoms with van der Waals surface area (Å²) in [5, 5.41) is 6.49. The van der Waals surface area contributed by atoms with Gasteiger partial charge in [-0.2, -0.15) is 0 Å². The normalized spacial score (nSPS) is 10.7. The van der Waals surface area contributed by atoms with Gasteiger partial charge in [-0.05, 0) is 43.2 Å². The fraction of sp³-hybridized carbons (Fsp3) is 0.300. The van der Waals surface area contributed by atoms with Gasteiger partial charge in [0.25, 0.3) is 5.91 Å². The van der Waals surface area contributed by atoms with E-state index >= 15 is 0 Å². The van der Waals surface area contributed by atoms with Crippen LogP contribution in [0.4, 0.5) is 11.4 Å². The highest BCUT2D eigenvalue weighted by Gasteiger charge is 2.18. The van der Waals surface area contributed by atoms with E-state index in [1.54, 1.807) is 52.0 Å². The third-order valence-corrected chi connectivity index (χ3v) is 5.48.